The van der Waals surface area contributed by atoms with Gasteiger partial charge in [-0.3, -0.25) is 9.69 Å². The van der Waals surface area contributed by atoms with Crippen molar-refractivity contribution in [3.63, 3.8) is 0 Å². The molecule has 0 spiro atoms. The topological polar surface area (TPSA) is 69.7 Å². The largest absolute Gasteiger partial charge is 0.352 e. The highest BCUT2D eigenvalue weighted by Crippen LogP contribution is 2.31. The van der Waals surface area contributed by atoms with Crippen LogP contribution in [0.4, 0.5) is 0 Å². The molecule has 2 aliphatic rings. The molecule has 1 heterocycles. The van der Waals surface area contributed by atoms with E-state index in [1.807, 2.05) is 4.90 Å². The average Bonchev–Trinajstić information content (AvgIpc) is 3.31. The van der Waals surface area contributed by atoms with Crippen LogP contribution >= 0.6 is 23.2 Å². The highest BCUT2D eigenvalue weighted by molar-refractivity contribution is 7.89. The van der Waals surface area contributed by atoms with Gasteiger partial charge in [0.1, 0.15) is 4.90 Å². The standard InChI is InChI=1S/C15H19Cl2N3O3S/c16-12-2-1-3-13(17)15(12)24(22,23)20-8-6-19(7-9-20)10-14(21)18-11-4-5-11/h1-3,11H,4-10H2,(H,18,21). The van der Waals surface area contributed by atoms with Crippen LogP contribution in [0.5, 0.6) is 0 Å². The Labute approximate surface area is 151 Å². The second-order valence-corrected chi connectivity index (χ2v) is 8.76. The maximum atomic E-state index is 12.8. The molecule has 1 saturated heterocycles. The molecule has 1 aromatic carbocycles. The third kappa shape index (κ3) is 4.03. The molecule has 0 radical (unpaired) electrons. The van der Waals surface area contributed by atoms with Gasteiger partial charge in [0.15, 0.2) is 0 Å². The third-order valence-electron chi connectivity index (χ3n) is 4.16. The van der Waals surface area contributed by atoms with E-state index in [-0.39, 0.29) is 20.8 Å². The fraction of sp³-hybridized carbons (Fsp3) is 0.533. The summed E-state index contributed by atoms with van der Waals surface area (Å²) in [5, 5.41) is 3.17. The summed E-state index contributed by atoms with van der Waals surface area (Å²) in [6.07, 6.45) is 2.10. The van der Waals surface area contributed by atoms with Crippen molar-refractivity contribution < 1.29 is 13.2 Å². The summed E-state index contributed by atoms with van der Waals surface area (Å²) in [6, 6.07) is 4.97. The van der Waals surface area contributed by atoms with Gasteiger partial charge in [0, 0.05) is 32.2 Å². The van der Waals surface area contributed by atoms with E-state index in [4.69, 9.17) is 23.2 Å². The summed E-state index contributed by atoms with van der Waals surface area (Å²) < 4.78 is 26.9. The van der Waals surface area contributed by atoms with Gasteiger partial charge < -0.3 is 5.32 Å². The number of halogens is 2. The van der Waals surface area contributed by atoms with Crippen LogP contribution in [-0.4, -0.2) is 62.3 Å². The van der Waals surface area contributed by atoms with E-state index in [1.54, 1.807) is 6.07 Å². The van der Waals surface area contributed by atoms with Crippen molar-refractivity contribution in [1.82, 2.24) is 14.5 Å². The van der Waals surface area contributed by atoms with Gasteiger partial charge in [-0.15, -0.1) is 0 Å². The zero-order valence-corrected chi connectivity index (χ0v) is 15.4. The molecule has 1 aromatic rings. The first kappa shape index (κ1) is 17.9. The van der Waals surface area contributed by atoms with Gasteiger partial charge in [-0.25, -0.2) is 8.42 Å². The van der Waals surface area contributed by atoms with Crippen LogP contribution in [0.1, 0.15) is 12.8 Å². The lowest BCUT2D eigenvalue weighted by atomic mass is 10.3. The predicted molar refractivity (Wildman–Crippen MR) is 92.8 cm³/mol. The molecule has 132 valence electrons. The Balaban J connectivity index is 1.62. The minimum atomic E-state index is -3.74. The van der Waals surface area contributed by atoms with Crippen LogP contribution in [0.15, 0.2) is 23.1 Å². The maximum absolute atomic E-state index is 12.8. The van der Waals surface area contributed by atoms with Gasteiger partial charge in [-0.1, -0.05) is 29.3 Å². The Morgan fingerprint density at radius 3 is 2.25 bits per heavy atom. The van der Waals surface area contributed by atoms with Gasteiger partial charge in [0.2, 0.25) is 15.9 Å². The Morgan fingerprint density at radius 2 is 1.71 bits per heavy atom. The molecule has 1 saturated carbocycles. The number of piperazine rings is 1. The quantitative estimate of drug-likeness (QED) is 0.826. The Morgan fingerprint density at radius 1 is 1.12 bits per heavy atom. The molecule has 6 nitrogen and oxygen atoms in total. The van der Waals surface area contributed by atoms with Crippen molar-refractivity contribution in [3.8, 4) is 0 Å². The molecule has 1 aliphatic heterocycles. The zero-order valence-electron chi connectivity index (χ0n) is 13.0. The summed E-state index contributed by atoms with van der Waals surface area (Å²) in [5.74, 6) is 0.00274. The van der Waals surface area contributed by atoms with Gasteiger partial charge in [0.25, 0.3) is 0 Å². The van der Waals surface area contributed by atoms with Gasteiger partial charge in [0.05, 0.1) is 16.6 Å². The Bertz CT molecular complexity index is 709. The first-order chi connectivity index (χ1) is 11.4. The van der Waals surface area contributed by atoms with E-state index in [9.17, 15) is 13.2 Å². The number of amides is 1. The molecule has 9 heteroatoms. The summed E-state index contributed by atoms with van der Waals surface area (Å²) in [5.41, 5.74) is 0. The molecule has 0 bridgehead atoms. The Kier molecular flexibility index (Phi) is 5.36. The molecule has 1 amide bonds. The number of rotatable bonds is 5. The fourth-order valence-corrected chi connectivity index (χ4v) is 5.20. The van der Waals surface area contributed by atoms with Gasteiger partial charge in [-0.05, 0) is 25.0 Å². The average molecular weight is 392 g/mol. The van der Waals surface area contributed by atoms with Crippen molar-refractivity contribution in [2.24, 2.45) is 0 Å². The number of benzene rings is 1. The third-order valence-corrected chi connectivity index (χ3v) is 7.01. The second-order valence-electron chi connectivity index (χ2n) is 6.07. The van der Waals surface area contributed by atoms with Crippen molar-refractivity contribution in [3.05, 3.63) is 28.2 Å². The van der Waals surface area contributed by atoms with Crippen LogP contribution in [0.2, 0.25) is 10.0 Å². The molecule has 0 aromatic heterocycles. The second kappa shape index (κ2) is 7.17. The first-order valence-electron chi connectivity index (χ1n) is 7.84. The number of hydrogen-bond donors (Lipinski definition) is 1. The number of hydrogen-bond acceptors (Lipinski definition) is 4. The minimum Gasteiger partial charge on any atom is -0.352 e. The summed E-state index contributed by atoms with van der Waals surface area (Å²) in [4.78, 5) is 13.7. The lowest BCUT2D eigenvalue weighted by Crippen LogP contribution is -2.51. The molecular weight excluding hydrogens is 373 g/mol. The van der Waals surface area contributed by atoms with E-state index in [0.717, 1.165) is 12.8 Å². The van der Waals surface area contributed by atoms with E-state index < -0.39 is 10.0 Å². The van der Waals surface area contributed by atoms with E-state index in [1.165, 1.54) is 16.4 Å². The summed E-state index contributed by atoms with van der Waals surface area (Å²) in [6.45, 7) is 1.91. The number of sulfonamides is 1. The molecule has 1 N–H and O–H groups in total. The monoisotopic (exact) mass is 391 g/mol. The number of nitrogens with zero attached hydrogens (tertiary/aromatic N) is 2. The lowest BCUT2D eigenvalue weighted by Gasteiger charge is -2.33. The molecule has 1 aliphatic carbocycles. The zero-order chi connectivity index (χ0) is 17.3. The normalized spacial score (nSPS) is 20.1. The van der Waals surface area contributed by atoms with Crippen LogP contribution in [0.3, 0.4) is 0 Å². The predicted octanol–water partition coefficient (Wildman–Crippen LogP) is 1.58. The highest BCUT2D eigenvalue weighted by Gasteiger charge is 2.32. The molecule has 3 rings (SSSR count). The SMILES string of the molecule is O=C(CN1CCN(S(=O)(=O)c2c(Cl)cccc2Cl)CC1)NC1CC1. The fourth-order valence-electron chi connectivity index (χ4n) is 2.69. The van der Waals surface area contributed by atoms with Crippen LogP contribution in [-0.2, 0) is 14.8 Å². The van der Waals surface area contributed by atoms with Crippen molar-refractivity contribution in [1.29, 1.82) is 0 Å². The molecule has 0 atom stereocenters. The molecular formula is C15H19Cl2N3O3S. The van der Waals surface area contributed by atoms with Crippen molar-refractivity contribution in [2.75, 3.05) is 32.7 Å². The van der Waals surface area contributed by atoms with Crippen LogP contribution < -0.4 is 5.32 Å². The van der Waals surface area contributed by atoms with Crippen molar-refractivity contribution in [2.45, 2.75) is 23.8 Å². The lowest BCUT2D eigenvalue weighted by molar-refractivity contribution is -0.122. The first-order valence-corrected chi connectivity index (χ1v) is 10.0. The summed E-state index contributed by atoms with van der Waals surface area (Å²) >= 11 is 12.1. The van der Waals surface area contributed by atoms with Crippen LogP contribution in [0, 0.1) is 0 Å². The van der Waals surface area contributed by atoms with E-state index in [2.05, 4.69) is 5.32 Å². The Hall–Kier alpha value is -0.860. The van der Waals surface area contributed by atoms with E-state index in [0.29, 0.717) is 38.8 Å². The number of nitrogens with one attached hydrogen (secondary N) is 1. The highest BCUT2D eigenvalue weighted by atomic mass is 35.5. The molecule has 24 heavy (non-hydrogen) atoms. The van der Waals surface area contributed by atoms with Crippen LogP contribution in [0.25, 0.3) is 0 Å². The molecule has 0 unspecified atom stereocenters. The van der Waals surface area contributed by atoms with E-state index >= 15 is 0 Å². The van der Waals surface area contributed by atoms with Gasteiger partial charge >= 0.3 is 0 Å². The maximum Gasteiger partial charge on any atom is 0.246 e. The number of carbonyl (C=O) groups is 1. The number of carbonyl (C=O) groups excluding carboxylic acids is 1. The minimum absolute atomic E-state index is 0.00274. The summed E-state index contributed by atoms with van der Waals surface area (Å²) in [7, 11) is -3.74. The van der Waals surface area contributed by atoms with Crippen molar-refractivity contribution >= 4 is 39.1 Å². The molecule has 2 fully saturated rings. The van der Waals surface area contributed by atoms with Gasteiger partial charge in [-0.2, -0.15) is 4.31 Å². The smallest absolute Gasteiger partial charge is 0.246 e.